The van der Waals surface area contributed by atoms with Gasteiger partial charge in [-0.05, 0) is 17.7 Å². The van der Waals surface area contributed by atoms with Crippen LogP contribution in [0, 0.1) is 6.07 Å². The summed E-state index contributed by atoms with van der Waals surface area (Å²) in [4.78, 5) is 3.46. The Kier molecular flexibility index (Phi) is 5.52. The van der Waals surface area contributed by atoms with E-state index in [9.17, 15) is 0 Å². The summed E-state index contributed by atoms with van der Waals surface area (Å²) < 4.78 is 0. The first-order valence-corrected chi connectivity index (χ1v) is 4.12. The van der Waals surface area contributed by atoms with Crippen molar-refractivity contribution in [3.8, 4) is 17.6 Å². The van der Waals surface area contributed by atoms with Gasteiger partial charge in [0, 0.05) is 0 Å². The van der Waals surface area contributed by atoms with Crippen LogP contribution in [-0.4, -0.2) is 16.2 Å². The van der Waals surface area contributed by atoms with Crippen molar-refractivity contribution in [1.29, 1.82) is 0 Å². The molecule has 0 atom stereocenters. The average molecular weight is 244 g/mol. The van der Waals surface area contributed by atoms with Crippen molar-refractivity contribution in [2.45, 2.75) is 6.42 Å². The van der Waals surface area contributed by atoms with Gasteiger partial charge in [0.1, 0.15) is 11.4 Å². The van der Waals surface area contributed by atoms with Crippen LogP contribution in [0.2, 0.25) is 0 Å². The van der Waals surface area contributed by atoms with Gasteiger partial charge in [0.05, 0.1) is 0 Å². The minimum atomic E-state index is -0.184. The van der Waals surface area contributed by atoms with Gasteiger partial charge >= 0.3 is 6.07 Å². The molecule has 0 aliphatic rings. The number of aromatic hydroxyl groups is 2. The minimum absolute atomic E-state index is 0. The summed E-state index contributed by atoms with van der Waals surface area (Å²) >= 11 is 0. The van der Waals surface area contributed by atoms with Crippen LogP contribution in [-0.2, 0) is 6.42 Å². The molecule has 16 heavy (non-hydrogen) atoms. The van der Waals surface area contributed by atoms with E-state index in [0.717, 1.165) is 5.56 Å². The first-order valence-electron chi connectivity index (χ1n) is 4.12. The van der Waals surface area contributed by atoms with E-state index < -0.39 is 0 Å². The van der Waals surface area contributed by atoms with Crippen LogP contribution in [0.15, 0.2) is 23.3 Å². The van der Waals surface area contributed by atoms with E-state index in [2.05, 4.69) is 16.1 Å². The van der Waals surface area contributed by atoms with Crippen LogP contribution in [0.3, 0.4) is 0 Å². The van der Waals surface area contributed by atoms with Gasteiger partial charge in [0.15, 0.2) is 16.6 Å². The molecular formula is C9H12ClN4O2+. The molecule has 0 saturated heterocycles. The Morgan fingerprint density at radius 3 is 2.56 bits per heavy atom. The number of nitrogens with zero attached hydrogens (tertiary/aromatic N) is 2. The lowest BCUT2D eigenvalue weighted by atomic mass is 10.1. The van der Waals surface area contributed by atoms with Crippen molar-refractivity contribution in [2.75, 3.05) is 0 Å². The number of rotatable bonds is 1. The maximum atomic E-state index is 9.17. The van der Waals surface area contributed by atoms with Crippen molar-refractivity contribution < 1.29 is 10.2 Å². The number of guanidine groups is 1. The zero-order chi connectivity index (χ0) is 11.3. The molecule has 1 rings (SSSR count). The topological polar surface area (TPSA) is 109 Å². The number of hydrogen-bond donors (Lipinski definition) is 4. The number of halogens is 1. The third-order valence-corrected chi connectivity index (χ3v) is 1.56. The van der Waals surface area contributed by atoms with Crippen molar-refractivity contribution in [3.63, 3.8) is 0 Å². The van der Waals surface area contributed by atoms with E-state index in [1.165, 1.54) is 12.1 Å². The Morgan fingerprint density at radius 2 is 2.00 bits per heavy atom. The number of nitrogens with two attached hydrogens (primary N) is 2. The maximum absolute atomic E-state index is 9.17. The highest BCUT2D eigenvalue weighted by Gasteiger charge is 2.01. The molecule has 6 nitrogen and oxygen atoms in total. The molecular weight excluding hydrogens is 232 g/mol. The van der Waals surface area contributed by atoms with Crippen molar-refractivity contribution >= 4 is 18.4 Å². The van der Waals surface area contributed by atoms with E-state index in [1.807, 2.05) is 0 Å². The lowest BCUT2D eigenvalue weighted by molar-refractivity contribution is 0.403. The Morgan fingerprint density at radius 1 is 1.31 bits per heavy atom. The predicted molar refractivity (Wildman–Crippen MR) is 63.8 cm³/mol. The third kappa shape index (κ3) is 4.39. The summed E-state index contributed by atoms with van der Waals surface area (Å²) in [7, 11) is 0. The summed E-state index contributed by atoms with van der Waals surface area (Å²) in [6.07, 6.45) is 0.338. The van der Waals surface area contributed by atoms with Crippen LogP contribution < -0.4 is 11.5 Å². The molecule has 0 unspecified atom stereocenters. The lowest BCUT2D eigenvalue weighted by Gasteiger charge is -1.97. The summed E-state index contributed by atoms with van der Waals surface area (Å²) in [5, 5.41) is 21.6. The standard InChI is InChI=1S/C9H10N4O2.ClH/c10-9(11)13-12-4-3-6-1-2-7(14)8(15)5-6;/h1-2,5H,3H2,(H5-,10,11,13,14,15);1H/p+1. The number of phenols is 2. The van der Waals surface area contributed by atoms with Crippen LogP contribution in [0.25, 0.3) is 4.95 Å². The Hall–Kier alpha value is -2.13. The van der Waals surface area contributed by atoms with E-state index in [4.69, 9.17) is 21.7 Å². The fourth-order valence-electron chi connectivity index (χ4n) is 0.899. The van der Waals surface area contributed by atoms with Crippen molar-refractivity contribution in [1.82, 2.24) is 0 Å². The SMILES string of the molecule is Cl.NC(N)=N[N+]#CCc1ccc(O)c(O)c1. The molecule has 1 aromatic carbocycles. The molecule has 0 aromatic heterocycles. The highest BCUT2D eigenvalue weighted by atomic mass is 35.5. The second-order valence-corrected chi connectivity index (χ2v) is 2.78. The zero-order valence-electron chi connectivity index (χ0n) is 8.29. The monoisotopic (exact) mass is 243 g/mol. The fraction of sp³-hybridized carbons (Fsp3) is 0.111. The molecule has 86 valence electrons. The van der Waals surface area contributed by atoms with E-state index in [-0.39, 0.29) is 29.9 Å². The second-order valence-electron chi connectivity index (χ2n) is 2.78. The zero-order valence-corrected chi connectivity index (χ0v) is 9.11. The van der Waals surface area contributed by atoms with Crippen LogP contribution >= 0.6 is 12.4 Å². The first-order chi connectivity index (χ1) is 7.09. The molecule has 0 bridgehead atoms. The van der Waals surface area contributed by atoms with Crippen LogP contribution in [0.4, 0.5) is 0 Å². The van der Waals surface area contributed by atoms with E-state index in [1.54, 1.807) is 6.07 Å². The molecule has 0 amide bonds. The summed E-state index contributed by atoms with van der Waals surface area (Å²) in [5.74, 6) is -0.493. The van der Waals surface area contributed by atoms with Crippen molar-refractivity contribution in [2.24, 2.45) is 16.6 Å². The molecule has 0 fully saturated rings. The third-order valence-electron chi connectivity index (χ3n) is 1.56. The van der Waals surface area contributed by atoms with Gasteiger partial charge in [-0.2, -0.15) is 0 Å². The lowest BCUT2D eigenvalue weighted by Crippen LogP contribution is -2.21. The molecule has 0 saturated carbocycles. The highest BCUT2D eigenvalue weighted by molar-refractivity contribution is 5.85. The van der Waals surface area contributed by atoms with E-state index >= 15 is 0 Å². The van der Waals surface area contributed by atoms with Gasteiger partial charge in [-0.15, -0.1) is 12.4 Å². The molecule has 0 aliphatic carbocycles. The smallest absolute Gasteiger partial charge is 0.327 e. The minimum Gasteiger partial charge on any atom is -0.504 e. The quantitative estimate of drug-likeness (QED) is 0.250. The average Bonchev–Trinajstić information content (AvgIpc) is 2.18. The summed E-state index contributed by atoms with van der Waals surface area (Å²) in [6, 6.07) is 6.99. The van der Waals surface area contributed by atoms with E-state index in [0.29, 0.717) is 6.42 Å². The van der Waals surface area contributed by atoms with Gasteiger partial charge in [-0.1, -0.05) is 6.07 Å². The fourth-order valence-corrected chi connectivity index (χ4v) is 0.899. The number of benzene rings is 1. The Labute approximate surface area is 98.4 Å². The molecule has 7 heteroatoms. The second kappa shape index (κ2) is 6.37. The number of phenolic OH excluding ortho intramolecular Hbond substituents is 2. The van der Waals surface area contributed by atoms with Crippen LogP contribution in [0.5, 0.6) is 11.5 Å². The molecule has 0 spiro atoms. The highest BCUT2D eigenvalue weighted by Crippen LogP contribution is 2.24. The normalized spacial score (nSPS) is 8.25. The first kappa shape index (κ1) is 13.9. The largest absolute Gasteiger partial charge is 0.504 e. The van der Waals surface area contributed by atoms with Gasteiger partial charge in [0.2, 0.25) is 0 Å². The summed E-state index contributed by atoms with van der Waals surface area (Å²) in [6.45, 7) is 0. The summed E-state index contributed by atoms with van der Waals surface area (Å²) in [5.41, 5.74) is 10.8. The maximum Gasteiger partial charge on any atom is 0.327 e. The molecule has 1 aromatic rings. The van der Waals surface area contributed by atoms with Gasteiger partial charge < -0.3 is 21.7 Å². The van der Waals surface area contributed by atoms with Gasteiger partial charge in [0.25, 0.3) is 5.96 Å². The van der Waals surface area contributed by atoms with Crippen LogP contribution in [0.1, 0.15) is 5.56 Å². The van der Waals surface area contributed by atoms with Gasteiger partial charge in [-0.3, -0.25) is 0 Å². The molecule has 0 radical (unpaired) electrons. The molecule has 6 N–H and O–H groups in total. The predicted octanol–water partition coefficient (Wildman–Crippen LogP) is 0.583. The Bertz CT molecular complexity index is 447. The van der Waals surface area contributed by atoms with Gasteiger partial charge in [-0.25, -0.2) is 0 Å². The molecule has 0 aliphatic heterocycles. The number of hydrogen-bond acceptors (Lipinski definition) is 3. The van der Waals surface area contributed by atoms with Crippen molar-refractivity contribution in [3.05, 3.63) is 28.7 Å². The molecule has 0 heterocycles. The Balaban J connectivity index is 0.00000225.